The number of nitro benzene ring substituents is 1. The van der Waals surface area contributed by atoms with Gasteiger partial charge in [-0.25, -0.2) is 0 Å². The van der Waals surface area contributed by atoms with Crippen LogP contribution in [0.5, 0.6) is 5.75 Å². The van der Waals surface area contributed by atoms with Gasteiger partial charge in [-0.05, 0) is 41.1 Å². The van der Waals surface area contributed by atoms with Crippen molar-refractivity contribution < 1.29 is 32.7 Å². The van der Waals surface area contributed by atoms with Gasteiger partial charge in [0.05, 0.1) is 10.5 Å². The van der Waals surface area contributed by atoms with Gasteiger partial charge < -0.3 is 19.5 Å². The number of ether oxygens (including phenoxy) is 3. The maximum atomic E-state index is 12.8. The average molecular weight is 550 g/mol. The molecule has 1 amide bonds. The number of carbonyl (C=O) groups excluding carboxylic acids is 1. The first kappa shape index (κ1) is 24.9. The standard InChI is InChI=1S/C20H21F2IN2O6/c1-29-19(30-2)14(13-5-3-4-6-17(13)31-20(21)22)9-10-24-18(26)15-8-7-12(25(27)28)11-16(15)23/h3-8,11,14,19-20H,9-10H2,1-2H3,(H,24,26). The summed E-state index contributed by atoms with van der Waals surface area (Å²) in [6, 6.07) is 10.3. The highest BCUT2D eigenvalue weighted by molar-refractivity contribution is 14.1. The van der Waals surface area contributed by atoms with Crippen molar-refractivity contribution in [3.8, 4) is 5.75 Å². The number of para-hydroxylation sites is 1. The molecule has 0 aromatic heterocycles. The van der Waals surface area contributed by atoms with Crippen molar-refractivity contribution in [3.63, 3.8) is 0 Å². The largest absolute Gasteiger partial charge is 0.435 e. The second kappa shape index (κ2) is 11.9. The van der Waals surface area contributed by atoms with E-state index in [-0.39, 0.29) is 18.0 Å². The van der Waals surface area contributed by atoms with Crippen LogP contribution in [0.15, 0.2) is 42.5 Å². The molecule has 0 bridgehead atoms. The van der Waals surface area contributed by atoms with Crippen molar-refractivity contribution in [3.05, 3.63) is 67.3 Å². The number of non-ortho nitro benzene ring substituents is 1. The number of nitrogens with one attached hydrogen (secondary N) is 1. The molecule has 11 heteroatoms. The molecule has 2 rings (SSSR count). The van der Waals surface area contributed by atoms with E-state index >= 15 is 0 Å². The summed E-state index contributed by atoms with van der Waals surface area (Å²) in [6.45, 7) is -2.82. The second-order valence-corrected chi connectivity index (χ2v) is 7.49. The lowest BCUT2D eigenvalue weighted by Gasteiger charge is -2.27. The van der Waals surface area contributed by atoms with Crippen LogP contribution in [0.1, 0.15) is 28.3 Å². The molecule has 0 spiro atoms. The van der Waals surface area contributed by atoms with Crippen LogP contribution >= 0.6 is 22.6 Å². The van der Waals surface area contributed by atoms with Gasteiger partial charge in [0.15, 0.2) is 6.29 Å². The molecule has 2 aromatic carbocycles. The smallest absolute Gasteiger partial charge is 0.387 e. The number of alkyl halides is 2. The molecule has 1 atom stereocenters. The van der Waals surface area contributed by atoms with Gasteiger partial charge in [-0.3, -0.25) is 14.9 Å². The Morgan fingerprint density at radius 3 is 2.45 bits per heavy atom. The van der Waals surface area contributed by atoms with Crippen molar-refractivity contribution in [1.29, 1.82) is 0 Å². The van der Waals surface area contributed by atoms with Crippen LogP contribution in [0.4, 0.5) is 14.5 Å². The first-order chi connectivity index (χ1) is 14.8. The molecule has 1 N–H and O–H groups in total. The summed E-state index contributed by atoms with van der Waals surface area (Å²) < 4.78 is 41.3. The summed E-state index contributed by atoms with van der Waals surface area (Å²) in [5.41, 5.74) is 0.634. The first-order valence-electron chi connectivity index (χ1n) is 9.10. The number of hydrogen-bond donors (Lipinski definition) is 1. The normalized spacial score (nSPS) is 12.1. The van der Waals surface area contributed by atoms with Crippen molar-refractivity contribution in [2.75, 3.05) is 20.8 Å². The highest BCUT2D eigenvalue weighted by Crippen LogP contribution is 2.33. The number of nitrogens with zero attached hydrogens (tertiary/aromatic N) is 1. The average Bonchev–Trinajstić information content (AvgIpc) is 2.73. The van der Waals surface area contributed by atoms with Gasteiger partial charge in [0.1, 0.15) is 5.75 Å². The lowest BCUT2D eigenvalue weighted by Crippen LogP contribution is -2.30. The van der Waals surface area contributed by atoms with Crippen molar-refractivity contribution in [1.82, 2.24) is 5.32 Å². The number of hydrogen-bond acceptors (Lipinski definition) is 6. The fourth-order valence-electron chi connectivity index (χ4n) is 3.09. The van der Waals surface area contributed by atoms with Crippen LogP contribution in [0, 0.1) is 13.7 Å². The van der Waals surface area contributed by atoms with E-state index in [0.717, 1.165) is 0 Å². The number of amides is 1. The minimum absolute atomic E-state index is 0.00200. The molecular weight excluding hydrogens is 529 g/mol. The number of nitro groups is 1. The Hall–Kier alpha value is -2.38. The Kier molecular flexibility index (Phi) is 9.52. The lowest BCUT2D eigenvalue weighted by molar-refractivity contribution is -0.384. The Morgan fingerprint density at radius 1 is 1.19 bits per heavy atom. The Labute approximate surface area is 191 Å². The zero-order chi connectivity index (χ0) is 23.0. The quantitative estimate of drug-likeness (QED) is 0.194. The number of benzene rings is 2. The molecule has 31 heavy (non-hydrogen) atoms. The molecule has 0 fully saturated rings. The first-order valence-corrected chi connectivity index (χ1v) is 10.2. The number of carbonyl (C=O) groups is 1. The van der Waals surface area contributed by atoms with Crippen molar-refractivity contribution in [2.45, 2.75) is 25.2 Å². The molecule has 168 valence electrons. The molecule has 0 heterocycles. The van der Waals surface area contributed by atoms with Gasteiger partial charge >= 0.3 is 6.61 Å². The molecule has 0 aliphatic rings. The highest BCUT2D eigenvalue weighted by atomic mass is 127. The van der Waals surface area contributed by atoms with Gasteiger partial charge in [-0.15, -0.1) is 0 Å². The Balaban J connectivity index is 2.15. The van der Waals surface area contributed by atoms with E-state index in [2.05, 4.69) is 10.1 Å². The van der Waals surface area contributed by atoms with Crippen LogP contribution in [0.3, 0.4) is 0 Å². The van der Waals surface area contributed by atoms with Crippen LogP contribution in [0.2, 0.25) is 0 Å². The minimum Gasteiger partial charge on any atom is -0.435 e. The van der Waals surface area contributed by atoms with E-state index in [1.807, 2.05) is 22.6 Å². The van der Waals surface area contributed by atoms with Gasteiger partial charge in [-0.1, -0.05) is 18.2 Å². The molecule has 0 aliphatic carbocycles. The van der Waals surface area contributed by atoms with E-state index < -0.39 is 29.6 Å². The zero-order valence-electron chi connectivity index (χ0n) is 16.7. The van der Waals surface area contributed by atoms with E-state index in [0.29, 0.717) is 21.1 Å². The van der Waals surface area contributed by atoms with E-state index in [4.69, 9.17) is 9.47 Å². The second-order valence-electron chi connectivity index (χ2n) is 6.33. The summed E-state index contributed by atoms with van der Waals surface area (Å²) in [4.78, 5) is 22.8. The van der Waals surface area contributed by atoms with E-state index in [1.165, 1.54) is 38.5 Å². The SMILES string of the molecule is COC(OC)C(CCNC(=O)c1ccc([N+](=O)[O-])cc1I)c1ccccc1OC(F)F. The van der Waals surface area contributed by atoms with Crippen LogP contribution in [-0.4, -0.2) is 44.5 Å². The summed E-state index contributed by atoms with van der Waals surface area (Å²) in [5, 5.41) is 13.6. The molecule has 0 saturated carbocycles. The van der Waals surface area contributed by atoms with Crippen molar-refractivity contribution in [2.24, 2.45) is 0 Å². The molecular formula is C20H21F2IN2O6. The highest BCUT2D eigenvalue weighted by Gasteiger charge is 2.27. The predicted molar refractivity (Wildman–Crippen MR) is 116 cm³/mol. The minimum atomic E-state index is -2.99. The third kappa shape index (κ3) is 6.80. The predicted octanol–water partition coefficient (Wildman–Crippen LogP) is 4.32. The Bertz CT molecular complexity index is 911. The zero-order valence-corrected chi connectivity index (χ0v) is 18.9. The molecule has 2 aromatic rings. The topological polar surface area (TPSA) is 99.9 Å². The number of halogens is 3. The van der Waals surface area contributed by atoms with Crippen molar-refractivity contribution >= 4 is 34.2 Å². The Morgan fingerprint density at radius 2 is 1.87 bits per heavy atom. The fraction of sp³-hybridized carbons (Fsp3) is 0.350. The lowest BCUT2D eigenvalue weighted by atomic mass is 9.93. The fourth-order valence-corrected chi connectivity index (χ4v) is 3.84. The third-order valence-electron chi connectivity index (χ3n) is 4.48. The summed E-state index contributed by atoms with van der Waals surface area (Å²) >= 11 is 1.85. The summed E-state index contributed by atoms with van der Waals surface area (Å²) in [5.74, 6) is -0.930. The van der Waals surface area contributed by atoms with Gasteiger partial charge in [0.25, 0.3) is 11.6 Å². The van der Waals surface area contributed by atoms with Crippen LogP contribution in [0.25, 0.3) is 0 Å². The van der Waals surface area contributed by atoms with Crippen LogP contribution < -0.4 is 10.1 Å². The molecule has 1 unspecified atom stereocenters. The monoisotopic (exact) mass is 550 g/mol. The van der Waals surface area contributed by atoms with Gasteiger partial charge in [0.2, 0.25) is 0 Å². The summed E-state index contributed by atoms with van der Waals surface area (Å²) in [7, 11) is 2.85. The molecule has 0 saturated heterocycles. The van der Waals surface area contributed by atoms with Gasteiger partial charge in [-0.2, -0.15) is 8.78 Å². The maximum absolute atomic E-state index is 12.8. The summed E-state index contributed by atoms with van der Waals surface area (Å²) in [6.07, 6.45) is -0.468. The number of rotatable bonds is 11. The third-order valence-corrected chi connectivity index (χ3v) is 5.37. The molecule has 0 radical (unpaired) electrons. The van der Waals surface area contributed by atoms with Crippen LogP contribution in [-0.2, 0) is 9.47 Å². The number of methoxy groups -OCH3 is 2. The van der Waals surface area contributed by atoms with E-state index in [1.54, 1.807) is 18.2 Å². The maximum Gasteiger partial charge on any atom is 0.387 e. The molecule has 8 nitrogen and oxygen atoms in total. The van der Waals surface area contributed by atoms with Gasteiger partial charge in [0, 0.05) is 47.9 Å². The van der Waals surface area contributed by atoms with E-state index in [9.17, 15) is 23.7 Å². The molecule has 0 aliphatic heterocycles.